The smallest absolute Gasteiger partial charge is 0.246 e. The highest BCUT2D eigenvalue weighted by molar-refractivity contribution is 5.91. The summed E-state index contributed by atoms with van der Waals surface area (Å²) in [5.41, 5.74) is 7.16. The van der Waals surface area contributed by atoms with Gasteiger partial charge in [0, 0.05) is 32.5 Å². The van der Waals surface area contributed by atoms with E-state index in [1.165, 1.54) is 18.1 Å². The molecule has 1 atom stereocenters. The number of likely N-dealkylation sites (N-methyl/N-ethyl adjacent to an activating group) is 1. The molecular formula is C14H20N2O3. The van der Waals surface area contributed by atoms with E-state index >= 15 is 0 Å². The second kappa shape index (κ2) is 7.56. The average molecular weight is 264 g/mol. The molecule has 0 bridgehead atoms. The molecule has 19 heavy (non-hydrogen) atoms. The van der Waals surface area contributed by atoms with Crippen LogP contribution >= 0.6 is 0 Å². The van der Waals surface area contributed by atoms with Crippen LogP contribution in [-0.4, -0.2) is 49.3 Å². The molecule has 0 saturated heterocycles. The fraction of sp³-hybridized carbons (Fsp3) is 0.357. The molecule has 0 radical (unpaired) electrons. The zero-order valence-electron chi connectivity index (χ0n) is 11.2. The van der Waals surface area contributed by atoms with Gasteiger partial charge in [-0.25, -0.2) is 0 Å². The minimum atomic E-state index is -0.677. The van der Waals surface area contributed by atoms with E-state index in [0.29, 0.717) is 5.69 Å². The van der Waals surface area contributed by atoms with Crippen LogP contribution in [0.2, 0.25) is 0 Å². The Hall–Kier alpha value is -1.85. The van der Waals surface area contributed by atoms with Crippen molar-refractivity contribution >= 4 is 17.7 Å². The van der Waals surface area contributed by atoms with Gasteiger partial charge in [0.1, 0.15) is 0 Å². The average Bonchev–Trinajstić information content (AvgIpc) is 2.37. The summed E-state index contributed by atoms with van der Waals surface area (Å²) in [6.07, 6.45) is 2.50. The summed E-state index contributed by atoms with van der Waals surface area (Å²) >= 11 is 0. The SMILES string of the molecule is COCC(O)CN(C)C(=O)/C=C/c1ccc(N)cc1. The topological polar surface area (TPSA) is 75.8 Å². The summed E-state index contributed by atoms with van der Waals surface area (Å²) in [5, 5.41) is 9.53. The fourth-order valence-electron chi connectivity index (χ4n) is 1.55. The fourth-order valence-corrected chi connectivity index (χ4v) is 1.55. The predicted molar refractivity (Wildman–Crippen MR) is 75.4 cm³/mol. The van der Waals surface area contributed by atoms with Gasteiger partial charge in [-0.2, -0.15) is 0 Å². The zero-order valence-corrected chi connectivity index (χ0v) is 11.2. The van der Waals surface area contributed by atoms with Gasteiger partial charge in [0.25, 0.3) is 0 Å². The van der Waals surface area contributed by atoms with Crippen molar-refractivity contribution in [3.05, 3.63) is 35.9 Å². The van der Waals surface area contributed by atoms with Crippen LogP contribution in [0.4, 0.5) is 5.69 Å². The van der Waals surface area contributed by atoms with E-state index in [9.17, 15) is 9.90 Å². The third-order valence-corrected chi connectivity index (χ3v) is 2.57. The number of nitrogen functional groups attached to an aromatic ring is 1. The molecule has 3 N–H and O–H groups in total. The molecule has 0 fully saturated rings. The molecule has 1 aromatic carbocycles. The zero-order chi connectivity index (χ0) is 14.3. The number of carbonyl (C=O) groups is 1. The number of anilines is 1. The minimum Gasteiger partial charge on any atom is -0.399 e. The van der Waals surface area contributed by atoms with E-state index < -0.39 is 6.10 Å². The number of aliphatic hydroxyl groups is 1. The Morgan fingerprint density at radius 2 is 2.11 bits per heavy atom. The Labute approximate surface area is 113 Å². The Morgan fingerprint density at radius 3 is 2.68 bits per heavy atom. The van der Waals surface area contributed by atoms with Crippen molar-refractivity contribution in [3.8, 4) is 0 Å². The Kier molecular flexibility index (Phi) is 6.05. The molecule has 104 valence electrons. The third-order valence-electron chi connectivity index (χ3n) is 2.57. The number of nitrogens with zero attached hydrogens (tertiary/aromatic N) is 1. The van der Waals surface area contributed by atoms with Crippen molar-refractivity contribution in [1.82, 2.24) is 4.90 Å². The van der Waals surface area contributed by atoms with Crippen LogP contribution < -0.4 is 5.73 Å². The van der Waals surface area contributed by atoms with Gasteiger partial charge < -0.3 is 20.5 Å². The van der Waals surface area contributed by atoms with Crippen LogP contribution in [0.3, 0.4) is 0 Å². The molecule has 5 heteroatoms. The van der Waals surface area contributed by atoms with Gasteiger partial charge in [0.15, 0.2) is 0 Å². The number of aliphatic hydroxyl groups excluding tert-OH is 1. The highest BCUT2D eigenvalue weighted by Crippen LogP contribution is 2.07. The Morgan fingerprint density at radius 1 is 1.47 bits per heavy atom. The van der Waals surface area contributed by atoms with E-state index in [2.05, 4.69) is 0 Å². The first-order chi connectivity index (χ1) is 9.02. The van der Waals surface area contributed by atoms with Crippen molar-refractivity contribution in [2.24, 2.45) is 0 Å². The van der Waals surface area contributed by atoms with E-state index in [4.69, 9.17) is 10.5 Å². The first-order valence-corrected chi connectivity index (χ1v) is 5.98. The number of methoxy groups -OCH3 is 1. The standard InChI is InChI=1S/C14H20N2O3/c1-16(9-13(17)10-19-2)14(18)8-5-11-3-6-12(15)7-4-11/h3-8,13,17H,9-10,15H2,1-2H3/b8-5+. The van der Waals surface area contributed by atoms with Crippen molar-refractivity contribution in [3.63, 3.8) is 0 Å². The summed E-state index contributed by atoms with van der Waals surface area (Å²) in [6.45, 7) is 0.443. The lowest BCUT2D eigenvalue weighted by atomic mass is 10.2. The molecular weight excluding hydrogens is 244 g/mol. The molecule has 5 nitrogen and oxygen atoms in total. The maximum Gasteiger partial charge on any atom is 0.246 e. The quantitative estimate of drug-likeness (QED) is 0.587. The number of hydrogen-bond acceptors (Lipinski definition) is 4. The molecule has 0 spiro atoms. The molecule has 0 aliphatic heterocycles. The van der Waals surface area contributed by atoms with Gasteiger partial charge in [-0.05, 0) is 23.8 Å². The van der Waals surface area contributed by atoms with Crippen molar-refractivity contribution in [1.29, 1.82) is 0 Å². The van der Waals surface area contributed by atoms with Gasteiger partial charge in [0.2, 0.25) is 5.91 Å². The highest BCUT2D eigenvalue weighted by Gasteiger charge is 2.10. The van der Waals surface area contributed by atoms with Crippen LogP contribution in [0.5, 0.6) is 0 Å². The van der Waals surface area contributed by atoms with Crippen molar-refractivity contribution in [2.75, 3.05) is 33.0 Å². The van der Waals surface area contributed by atoms with Crippen molar-refractivity contribution < 1.29 is 14.6 Å². The van der Waals surface area contributed by atoms with Crippen LogP contribution in [0, 0.1) is 0 Å². The molecule has 0 aromatic heterocycles. The van der Waals surface area contributed by atoms with E-state index in [1.54, 1.807) is 25.3 Å². The molecule has 1 unspecified atom stereocenters. The lowest BCUT2D eigenvalue weighted by Crippen LogP contribution is -2.35. The van der Waals surface area contributed by atoms with Gasteiger partial charge in [-0.15, -0.1) is 0 Å². The lowest BCUT2D eigenvalue weighted by Gasteiger charge is -2.18. The highest BCUT2D eigenvalue weighted by atomic mass is 16.5. The largest absolute Gasteiger partial charge is 0.399 e. The number of nitrogens with two attached hydrogens (primary N) is 1. The summed E-state index contributed by atoms with van der Waals surface area (Å²) in [4.78, 5) is 13.2. The lowest BCUT2D eigenvalue weighted by molar-refractivity contribution is -0.126. The summed E-state index contributed by atoms with van der Waals surface area (Å²) in [7, 11) is 3.14. The molecule has 1 amide bonds. The minimum absolute atomic E-state index is 0.174. The Bertz CT molecular complexity index is 429. The molecule has 1 rings (SSSR count). The maximum absolute atomic E-state index is 11.8. The maximum atomic E-state index is 11.8. The molecule has 1 aromatic rings. The van der Waals surface area contributed by atoms with E-state index in [0.717, 1.165) is 5.56 Å². The number of carbonyl (C=O) groups excluding carboxylic acids is 1. The molecule has 0 aliphatic carbocycles. The normalized spacial score (nSPS) is 12.6. The molecule has 0 aliphatic rings. The third kappa shape index (κ3) is 5.54. The van der Waals surface area contributed by atoms with E-state index in [-0.39, 0.29) is 19.1 Å². The van der Waals surface area contributed by atoms with Crippen LogP contribution in [-0.2, 0) is 9.53 Å². The first-order valence-electron chi connectivity index (χ1n) is 5.98. The second-order valence-electron chi connectivity index (χ2n) is 4.33. The number of hydrogen-bond donors (Lipinski definition) is 2. The van der Waals surface area contributed by atoms with Gasteiger partial charge in [-0.3, -0.25) is 4.79 Å². The van der Waals surface area contributed by atoms with Crippen LogP contribution in [0.1, 0.15) is 5.56 Å². The van der Waals surface area contributed by atoms with Gasteiger partial charge in [-0.1, -0.05) is 12.1 Å². The van der Waals surface area contributed by atoms with Crippen molar-refractivity contribution in [2.45, 2.75) is 6.10 Å². The van der Waals surface area contributed by atoms with Gasteiger partial charge >= 0.3 is 0 Å². The Balaban J connectivity index is 2.51. The summed E-state index contributed by atoms with van der Waals surface area (Å²) < 4.78 is 4.81. The van der Waals surface area contributed by atoms with E-state index in [1.807, 2.05) is 12.1 Å². The summed E-state index contributed by atoms with van der Waals surface area (Å²) in [5.74, 6) is -0.174. The van der Waals surface area contributed by atoms with Crippen LogP contribution in [0.25, 0.3) is 6.08 Å². The summed E-state index contributed by atoms with van der Waals surface area (Å²) in [6, 6.07) is 7.21. The number of rotatable bonds is 6. The predicted octanol–water partition coefficient (Wildman–Crippen LogP) is 0.748. The van der Waals surface area contributed by atoms with Gasteiger partial charge in [0.05, 0.1) is 12.7 Å². The number of amides is 1. The number of ether oxygens (including phenoxy) is 1. The second-order valence-corrected chi connectivity index (χ2v) is 4.33. The van der Waals surface area contributed by atoms with Crippen LogP contribution in [0.15, 0.2) is 30.3 Å². The molecule has 0 saturated carbocycles. The number of benzene rings is 1. The first kappa shape index (κ1) is 15.2. The molecule has 0 heterocycles. The monoisotopic (exact) mass is 264 g/mol.